The molecule has 5 heteroatoms. The molecule has 1 unspecified atom stereocenters. The molecule has 96 valence electrons. The second-order valence-electron chi connectivity index (χ2n) is 4.54. The van der Waals surface area contributed by atoms with E-state index < -0.39 is 6.10 Å². The van der Waals surface area contributed by atoms with E-state index in [2.05, 4.69) is 9.97 Å². The summed E-state index contributed by atoms with van der Waals surface area (Å²) < 4.78 is 0. The molecule has 0 aliphatic rings. The maximum atomic E-state index is 11.6. The van der Waals surface area contributed by atoms with Gasteiger partial charge in [-0.1, -0.05) is 6.07 Å². The van der Waals surface area contributed by atoms with E-state index in [9.17, 15) is 9.90 Å². The van der Waals surface area contributed by atoms with E-state index in [4.69, 9.17) is 0 Å². The average Bonchev–Trinajstić information content (AvgIpc) is 2.67. The second-order valence-corrected chi connectivity index (χ2v) is 4.54. The van der Waals surface area contributed by atoms with E-state index in [1.54, 1.807) is 7.05 Å². The van der Waals surface area contributed by atoms with Crippen LogP contribution in [0.25, 0.3) is 11.0 Å². The Morgan fingerprint density at radius 3 is 2.94 bits per heavy atom. The molecule has 1 aromatic heterocycles. The summed E-state index contributed by atoms with van der Waals surface area (Å²) in [6.45, 7) is 3.85. The Morgan fingerprint density at radius 1 is 1.56 bits per heavy atom. The normalized spacial score (nSPS) is 12.7. The number of amides is 1. The van der Waals surface area contributed by atoms with E-state index in [0.29, 0.717) is 6.54 Å². The number of aromatic amines is 1. The van der Waals surface area contributed by atoms with Crippen LogP contribution < -0.4 is 0 Å². The van der Waals surface area contributed by atoms with Crippen LogP contribution in [0.5, 0.6) is 0 Å². The number of H-pyrrole nitrogens is 1. The van der Waals surface area contributed by atoms with Crippen molar-refractivity contribution in [3.63, 3.8) is 0 Å². The summed E-state index contributed by atoms with van der Waals surface area (Å²) in [6.07, 6.45) is -0.965. The van der Waals surface area contributed by atoms with Crippen molar-refractivity contribution in [3.8, 4) is 0 Å². The van der Waals surface area contributed by atoms with Crippen LogP contribution in [-0.2, 0) is 11.3 Å². The van der Waals surface area contributed by atoms with E-state index in [1.165, 1.54) is 11.8 Å². The zero-order chi connectivity index (χ0) is 13.3. The molecular formula is C13H17N3O2. The summed E-state index contributed by atoms with van der Waals surface area (Å²) in [5, 5.41) is 9.24. The Bertz CT molecular complexity index is 575. The molecule has 0 fully saturated rings. The molecule has 0 aliphatic heterocycles. The molecule has 1 aromatic carbocycles. The number of nitrogens with one attached hydrogen (secondary N) is 1. The molecular weight excluding hydrogens is 230 g/mol. The fourth-order valence-corrected chi connectivity index (χ4v) is 1.95. The molecule has 18 heavy (non-hydrogen) atoms. The number of aromatic nitrogens is 2. The van der Waals surface area contributed by atoms with Crippen molar-refractivity contribution >= 4 is 16.9 Å². The smallest absolute Gasteiger partial charge is 0.251 e. The highest BCUT2D eigenvalue weighted by molar-refractivity contribution is 5.80. The minimum absolute atomic E-state index is 0.282. The Hall–Kier alpha value is -1.88. The average molecular weight is 247 g/mol. The van der Waals surface area contributed by atoms with Gasteiger partial charge in [-0.2, -0.15) is 0 Å². The third-order valence-corrected chi connectivity index (χ3v) is 2.82. The van der Waals surface area contributed by atoms with Gasteiger partial charge in [-0.15, -0.1) is 0 Å². The van der Waals surface area contributed by atoms with Crippen LogP contribution in [0.15, 0.2) is 18.2 Å². The minimum atomic E-state index is -0.965. The number of rotatable bonds is 3. The molecule has 2 aromatic rings. The monoisotopic (exact) mass is 247 g/mol. The molecule has 0 radical (unpaired) electrons. The molecule has 1 amide bonds. The molecule has 0 spiro atoms. The first-order valence-corrected chi connectivity index (χ1v) is 5.85. The van der Waals surface area contributed by atoms with E-state index in [1.807, 2.05) is 25.1 Å². The summed E-state index contributed by atoms with van der Waals surface area (Å²) in [6, 6.07) is 5.84. The fraction of sp³-hybridized carbons (Fsp3) is 0.385. The van der Waals surface area contributed by atoms with Crippen LogP contribution in [-0.4, -0.2) is 39.0 Å². The molecule has 5 nitrogen and oxygen atoms in total. The SMILES string of the molecule is Cc1nc2ccc(CN(C)C(=O)C(C)O)cc2[nH]1. The quantitative estimate of drug-likeness (QED) is 0.856. The molecule has 0 bridgehead atoms. The third kappa shape index (κ3) is 2.51. The van der Waals surface area contributed by atoms with Gasteiger partial charge in [0.1, 0.15) is 11.9 Å². The Kier molecular flexibility index (Phi) is 3.34. The molecule has 0 aliphatic carbocycles. The number of imidazole rings is 1. The molecule has 1 heterocycles. The zero-order valence-electron chi connectivity index (χ0n) is 10.8. The predicted molar refractivity (Wildman–Crippen MR) is 69.0 cm³/mol. The number of aliphatic hydroxyl groups is 1. The van der Waals surface area contributed by atoms with Crippen molar-refractivity contribution in [1.82, 2.24) is 14.9 Å². The van der Waals surface area contributed by atoms with Crippen molar-refractivity contribution in [2.75, 3.05) is 7.05 Å². The number of nitrogens with zero attached hydrogens (tertiary/aromatic N) is 2. The number of hydrogen-bond acceptors (Lipinski definition) is 3. The fourth-order valence-electron chi connectivity index (χ4n) is 1.95. The van der Waals surface area contributed by atoms with Gasteiger partial charge in [-0.3, -0.25) is 4.79 Å². The number of fused-ring (bicyclic) bond motifs is 1. The van der Waals surface area contributed by atoms with Crippen LogP contribution in [0.2, 0.25) is 0 Å². The molecule has 2 rings (SSSR count). The number of likely N-dealkylation sites (N-methyl/N-ethyl adjacent to an activating group) is 1. The standard InChI is InChI=1S/C13H17N3O2/c1-8(17)13(18)16(3)7-10-4-5-11-12(6-10)15-9(2)14-11/h4-6,8,17H,7H2,1-3H3,(H,14,15). The van der Waals surface area contributed by atoms with Crippen LogP contribution in [0.3, 0.4) is 0 Å². The second kappa shape index (κ2) is 4.78. The number of aliphatic hydroxyl groups excluding tert-OH is 1. The van der Waals surface area contributed by atoms with E-state index in [-0.39, 0.29) is 5.91 Å². The van der Waals surface area contributed by atoms with Crippen LogP contribution >= 0.6 is 0 Å². The number of aryl methyl sites for hydroxylation is 1. The van der Waals surface area contributed by atoms with Crippen molar-refractivity contribution in [2.24, 2.45) is 0 Å². The topological polar surface area (TPSA) is 69.2 Å². The zero-order valence-corrected chi connectivity index (χ0v) is 10.8. The molecule has 0 saturated heterocycles. The first-order valence-electron chi connectivity index (χ1n) is 5.85. The van der Waals surface area contributed by atoms with Gasteiger partial charge in [0.25, 0.3) is 5.91 Å². The summed E-state index contributed by atoms with van der Waals surface area (Å²) in [7, 11) is 1.68. The summed E-state index contributed by atoms with van der Waals surface area (Å²) >= 11 is 0. The molecule has 1 atom stereocenters. The van der Waals surface area contributed by atoms with Crippen molar-refractivity contribution in [2.45, 2.75) is 26.5 Å². The predicted octanol–water partition coefficient (Wildman–Crippen LogP) is 1.21. The lowest BCUT2D eigenvalue weighted by molar-refractivity contribution is -0.138. The van der Waals surface area contributed by atoms with Gasteiger partial charge in [0, 0.05) is 13.6 Å². The number of benzene rings is 1. The Morgan fingerprint density at radius 2 is 2.28 bits per heavy atom. The van der Waals surface area contributed by atoms with Gasteiger partial charge in [-0.25, -0.2) is 4.98 Å². The number of carbonyl (C=O) groups is 1. The van der Waals surface area contributed by atoms with E-state index >= 15 is 0 Å². The highest BCUT2D eigenvalue weighted by Gasteiger charge is 2.14. The van der Waals surface area contributed by atoms with Gasteiger partial charge < -0.3 is 15.0 Å². The van der Waals surface area contributed by atoms with Gasteiger partial charge in [0.2, 0.25) is 0 Å². The largest absolute Gasteiger partial charge is 0.384 e. The number of hydrogen-bond donors (Lipinski definition) is 2. The lowest BCUT2D eigenvalue weighted by atomic mass is 10.2. The first-order chi connectivity index (χ1) is 8.47. The van der Waals surface area contributed by atoms with Crippen molar-refractivity contribution < 1.29 is 9.90 Å². The van der Waals surface area contributed by atoms with Crippen LogP contribution in [0, 0.1) is 6.92 Å². The third-order valence-electron chi connectivity index (χ3n) is 2.82. The molecule has 2 N–H and O–H groups in total. The maximum absolute atomic E-state index is 11.6. The minimum Gasteiger partial charge on any atom is -0.384 e. The van der Waals surface area contributed by atoms with Gasteiger partial charge in [-0.05, 0) is 31.5 Å². The number of carbonyl (C=O) groups excluding carboxylic acids is 1. The van der Waals surface area contributed by atoms with Gasteiger partial charge in [0.05, 0.1) is 11.0 Å². The summed E-state index contributed by atoms with van der Waals surface area (Å²) in [5.74, 6) is 0.589. The Balaban J connectivity index is 2.19. The highest BCUT2D eigenvalue weighted by atomic mass is 16.3. The van der Waals surface area contributed by atoms with E-state index in [0.717, 1.165) is 22.4 Å². The maximum Gasteiger partial charge on any atom is 0.251 e. The van der Waals surface area contributed by atoms with Crippen molar-refractivity contribution in [1.29, 1.82) is 0 Å². The Labute approximate surface area is 105 Å². The highest BCUT2D eigenvalue weighted by Crippen LogP contribution is 2.14. The van der Waals surface area contributed by atoms with Crippen LogP contribution in [0.4, 0.5) is 0 Å². The first kappa shape index (κ1) is 12.6. The lowest BCUT2D eigenvalue weighted by Gasteiger charge is -2.18. The van der Waals surface area contributed by atoms with Gasteiger partial charge >= 0.3 is 0 Å². The van der Waals surface area contributed by atoms with Gasteiger partial charge in [0.15, 0.2) is 0 Å². The van der Waals surface area contributed by atoms with Crippen molar-refractivity contribution in [3.05, 3.63) is 29.6 Å². The summed E-state index contributed by atoms with van der Waals surface area (Å²) in [5.41, 5.74) is 2.88. The van der Waals surface area contributed by atoms with Crippen LogP contribution in [0.1, 0.15) is 18.3 Å². The molecule has 0 saturated carbocycles. The lowest BCUT2D eigenvalue weighted by Crippen LogP contribution is -2.34. The summed E-state index contributed by atoms with van der Waals surface area (Å²) in [4.78, 5) is 20.6.